The second-order valence-corrected chi connectivity index (χ2v) is 6.10. The van der Waals surface area contributed by atoms with Crippen LogP contribution < -0.4 is 0 Å². The molecule has 0 heterocycles. The van der Waals surface area contributed by atoms with E-state index in [0.29, 0.717) is 12.0 Å². The van der Waals surface area contributed by atoms with E-state index in [1.807, 2.05) is 6.92 Å². The molecule has 0 spiro atoms. The molecule has 0 aliphatic rings. The van der Waals surface area contributed by atoms with Crippen LogP contribution in [0.25, 0.3) is 0 Å². The zero-order valence-corrected chi connectivity index (χ0v) is 9.91. The van der Waals surface area contributed by atoms with E-state index in [-0.39, 0.29) is 5.56 Å². The molecular formula is C10H12ClFO2S. The fraction of sp³-hybridized carbons (Fsp3) is 0.400. The Bertz CT molecular complexity index is 443. The van der Waals surface area contributed by atoms with E-state index in [0.717, 1.165) is 6.42 Å². The molecule has 0 fully saturated rings. The highest BCUT2D eigenvalue weighted by Gasteiger charge is 2.13. The lowest BCUT2D eigenvalue weighted by Gasteiger charge is -2.05. The normalized spacial score (nSPS) is 11.7. The lowest BCUT2D eigenvalue weighted by Crippen LogP contribution is -2.01. The smallest absolute Gasteiger partial charge is 0.212 e. The average Bonchev–Trinajstić information content (AvgIpc) is 2.10. The molecule has 5 heteroatoms. The Morgan fingerprint density at radius 2 is 1.93 bits per heavy atom. The Kier molecular flexibility index (Phi) is 4.11. The van der Waals surface area contributed by atoms with E-state index in [9.17, 15) is 12.8 Å². The minimum absolute atomic E-state index is 0.135. The quantitative estimate of drug-likeness (QED) is 0.770. The molecule has 0 aliphatic heterocycles. The fourth-order valence-electron chi connectivity index (χ4n) is 1.39. The molecule has 1 aromatic rings. The van der Waals surface area contributed by atoms with Crippen LogP contribution in [0.15, 0.2) is 18.2 Å². The van der Waals surface area contributed by atoms with Gasteiger partial charge in [0.15, 0.2) is 0 Å². The largest absolute Gasteiger partial charge is 0.236 e. The summed E-state index contributed by atoms with van der Waals surface area (Å²) in [5.74, 6) is -0.915. The van der Waals surface area contributed by atoms with Gasteiger partial charge in [-0.2, -0.15) is 0 Å². The summed E-state index contributed by atoms with van der Waals surface area (Å²) in [6.07, 6.45) is 1.41. The molecular weight excluding hydrogens is 239 g/mol. The van der Waals surface area contributed by atoms with E-state index >= 15 is 0 Å². The summed E-state index contributed by atoms with van der Waals surface area (Å²) >= 11 is 0. The number of halogens is 2. The first-order valence-corrected chi connectivity index (χ1v) is 7.10. The first-order chi connectivity index (χ1) is 6.94. The Hall–Kier alpha value is -0.610. The summed E-state index contributed by atoms with van der Waals surface area (Å²) < 4.78 is 35.3. The van der Waals surface area contributed by atoms with Crippen molar-refractivity contribution in [2.45, 2.75) is 25.5 Å². The van der Waals surface area contributed by atoms with E-state index in [4.69, 9.17) is 10.7 Å². The highest BCUT2D eigenvalue weighted by molar-refractivity contribution is 8.13. The van der Waals surface area contributed by atoms with Crippen molar-refractivity contribution in [3.8, 4) is 0 Å². The maximum absolute atomic E-state index is 13.7. The first kappa shape index (κ1) is 12.5. The van der Waals surface area contributed by atoms with Crippen molar-refractivity contribution >= 4 is 19.7 Å². The third-order valence-corrected chi connectivity index (χ3v) is 2.99. The summed E-state index contributed by atoms with van der Waals surface area (Å²) in [7, 11) is 1.38. The molecule has 0 aliphatic carbocycles. The molecule has 0 N–H and O–H groups in total. The molecule has 2 nitrogen and oxygen atoms in total. The molecule has 0 unspecified atom stereocenters. The van der Waals surface area contributed by atoms with Gasteiger partial charge in [0.25, 0.3) is 0 Å². The molecule has 0 atom stereocenters. The van der Waals surface area contributed by atoms with Crippen molar-refractivity contribution < 1.29 is 12.8 Å². The summed E-state index contributed by atoms with van der Waals surface area (Å²) in [5, 5.41) is 0. The molecule has 0 radical (unpaired) electrons. The fourth-order valence-corrected chi connectivity index (χ4v) is 2.34. The maximum Gasteiger partial charge on any atom is 0.236 e. The van der Waals surface area contributed by atoms with Gasteiger partial charge in [0.2, 0.25) is 9.05 Å². The molecule has 1 aromatic carbocycles. The Morgan fingerprint density at radius 3 is 2.47 bits per heavy atom. The Morgan fingerprint density at radius 1 is 1.33 bits per heavy atom. The number of hydrogen-bond acceptors (Lipinski definition) is 2. The predicted molar refractivity (Wildman–Crippen MR) is 58.9 cm³/mol. The van der Waals surface area contributed by atoms with Gasteiger partial charge in [-0.3, -0.25) is 0 Å². The average molecular weight is 251 g/mol. The van der Waals surface area contributed by atoms with Crippen LogP contribution in [0.3, 0.4) is 0 Å². The van der Waals surface area contributed by atoms with Crippen molar-refractivity contribution in [1.82, 2.24) is 0 Å². The standard InChI is InChI=1S/C10H12ClFO2S/c1-2-4-8-5-3-6-9(10(8)12)7-15(11,13)14/h3,5-6H,2,4,7H2,1H3. The van der Waals surface area contributed by atoms with Crippen LogP contribution in [0.5, 0.6) is 0 Å². The van der Waals surface area contributed by atoms with E-state index < -0.39 is 20.6 Å². The molecule has 15 heavy (non-hydrogen) atoms. The van der Waals surface area contributed by atoms with Crippen LogP contribution in [-0.4, -0.2) is 8.42 Å². The number of hydrogen-bond donors (Lipinski definition) is 0. The van der Waals surface area contributed by atoms with Gasteiger partial charge >= 0.3 is 0 Å². The molecule has 0 saturated carbocycles. The highest BCUT2D eigenvalue weighted by Crippen LogP contribution is 2.18. The number of rotatable bonds is 4. The molecule has 0 amide bonds. The molecule has 0 aromatic heterocycles. The molecule has 1 rings (SSSR count). The monoisotopic (exact) mass is 250 g/mol. The van der Waals surface area contributed by atoms with Gasteiger partial charge in [-0.1, -0.05) is 31.5 Å². The predicted octanol–water partition coefficient (Wildman–Crippen LogP) is 2.85. The molecule has 0 bridgehead atoms. The minimum Gasteiger partial charge on any atom is -0.212 e. The van der Waals surface area contributed by atoms with Crippen LogP contribution in [0.1, 0.15) is 24.5 Å². The van der Waals surface area contributed by atoms with Crippen LogP contribution in [0.4, 0.5) is 4.39 Å². The van der Waals surface area contributed by atoms with Crippen molar-refractivity contribution in [3.05, 3.63) is 35.1 Å². The van der Waals surface area contributed by atoms with Gasteiger partial charge in [-0.15, -0.1) is 0 Å². The van der Waals surface area contributed by atoms with E-state index in [2.05, 4.69) is 0 Å². The van der Waals surface area contributed by atoms with Gasteiger partial charge in [0.1, 0.15) is 5.82 Å². The topological polar surface area (TPSA) is 34.1 Å². The zero-order valence-electron chi connectivity index (χ0n) is 8.33. The third kappa shape index (κ3) is 3.80. The zero-order chi connectivity index (χ0) is 11.5. The lowest BCUT2D eigenvalue weighted by molar-refractivity contribution is 0.587. The van der Waals surface area contributed by atoms with Crippen LogP contribution in [0.2, 0.25) is 0 Å². The first-order valence-electron chi connectivity index (χ1n) is 4.62. The Labute approximate surface area is 93.5 Å². The van der Waals surface area contributed by atoms with Crippen LogP contribution >= 0.6 is 10.7 Å². The van der Waals surface area contributed by atoms with E-state index in [1.165, 1.54) is 6.07 Å². The third-order valence-electron chi connectivity index (χ3n) is 2.01. The van der Waals surface area contributed by atoms with Crippen molar-refractivity contribution in [2.75, 3.05) is 0 Å². The maximum atomic E-state index is 13.7. The number of aryl methyl sites for hydroxylation is 1. The van der Waals surface area contributed by atoms with Crippen LogP contribution in [-0.2, 0) is 21.2 Å². The second-order valence-electron chi connectivity index (χ2n) is 3.32. The van der Waals surface area contributed by atoms with Crippen molar-refractivity contribution in [1.29, 1.82) is 0 Å². The minimum atomic E-state index is -3.70. The second kappa shape index (κ2) is 4.94. The lowest BCUT2D eigenvalue weighted by atomic mass is 10.1. The number of benzene rings is 1. The molecule has 0 saturated heterocycles. The highest BCUT2D eigenvalue weighted by atomic mass is 35.7. The summed E-state index contributed by atoms with van der Waals surface area (Å²) in [4.78, 5) is 0. The van der Waals surface area contributed by atoms with Crippen molar-refractivity contribution in [2.24, 2.45) is 0 Å². The SMILES string of the molecule is CCCc1cccc(CS(=O)(=O)Cl)c1F. The summed E-state index contributed by atoms with van der Waals surface area (Å²) in [5.41, 5.74) is 0.672. The van der Waals surface area contributed by atoms with Gasteiger partial charge in [-0.25, -0.2) is 12.8 Å². The Balaban J connectivity index is 3.04. The van der Waals surface area contributed by atoms with Gasteiger partial charge < -0.3 is 0 Å². The summed E-state index contributed by atoms with van der Waals surface area (Å²) in [6.45, 7) is 1.93. The van der Waals surface area contributed by atoms with Gasteiger partial charge in [0.05, 0.1) is 5.75 Å². The van der Waals surface area contributed by atoms with Gasteiger partial charge in [0, 0.05) is 16.2 Å². The van der Waals surface area contributed by atoms with E-state index in [1.54, 1.807) is 12.1 Å². The summed E-state index contributed by atoms with van der Waals surface area (Å²) in [6, 6.07) is 4.74. The van der Waals surface area contributed by atoms with Crippen LogP contribution in [0, 0.1) is 5.82 Å². The molecule has 84 valence electrons. The van der Waals surface area contributed by atoms with Gasteiger partial charge in [-0.05, 0) is 12.0 Å². The van der Waals surface area contributed by atoms with Crippen molar-refractivity contribution in [3.63, 3.8) is 0 Å².